The van der Waals surface area contributed by atoms with Crippen LogP contribution in [0.15, 0.2) is 30.6 Å². The maximum absolute atomic E-state index is 5.50. The van der Waals surface area contributed by atoms with Crippen LogP contribution < -0.4 is 14.4 Å². The first kappa shape index (κ1) is 16.1. The first-order valence-electron chi connectivity index (χ1n) is 8.94. The number of hydrogen-bond acceptors (Lipinski definition) is 6. The molecule has 0 amide bonds. The van der Waals surface area contributed by atoms with Crippen LogP contribution in [-0.4, -0.2) is 47.8 Å². The van der Waals surface area contributed by atoms with Crippen molar-refractivity contribution in [3.8, 4) is 11.5 Å². The minimum atomic E-state index is 0.322. The lowest BCUT2D eigenvalue weighted by Gasteiger charge is -2.38. The fourth-order valence-corrected chi connectivity index (χ4v) is 3.39. The van der Waals surface area contributed by atoms with Gasteiger partial charge >= 0.3 is 0 Å². The van der Waals surface area contributed by atoms with Gasteiger partial charge in [0.05, 0.1) is 0 Å². The number of ether oxygens (including phenoxy) is 2. The van der Waals surface area contributed by atoms with Gasteiger partial charge in [-0.2, -0.15) is 0 Å². The molecule has 1 saturated heterocycles. The molecule has 6 nitrogen and oxygen atoms in total. The fourth-order valence-electron chi connectivity index (χ4n) is 3.39. The molecule has 1 fully saturated rings. The molecule has 4 rings (SSSR count). The normalized spacial score (nSPS) is 18.4. The summed E-state index contributed by atoms with van der Waals surface area (Å²) in [6, 6.07) is 6.59. The van der Waals surface area contributed by atoms with Gasteiger partial charge in [-0.05, 0) is 36.6 Å². The average Bonchev–Trinajstić information content (AvgIpc) is 3.15. The summed E-state index contributed by atoms with van der Waals surface area (Å²) in [6.45, 7) is 8.57. The number of hydrogen-bond donors (Lipinski definition) is 0. The number of nitrogens with zero attached hydrogens (tertiary/aromatic N) is 4. The molecule has 0 unspecified atom stereocenters. The van der Waals surface area contributed by atoms with E-state index in [4.69, 9.17) is 9.47 Å². The highest BCUT2D eigenvalue weighted by Crippen LogP contribution is 2.35. The fraction of sp³-hybridized carbons (Fsp3) is 0.474. The Hall–Kier alpha value is -2.34. The molecule has 25 heavy (non-hydrogen) atoms. The van der Waals surface area contributed by atoms with E-state index in [1.54, 1.807) is 0 Å². The first-order chi connectivity index (χ1) is 12.2. The van der Waals surface area contributed by atoms with Gasteiger partial charge < -0.3 is 14.4 Å². The topological polar surface area (TPSA) is 50.7 Å². The van der Waals surface area contributed by atoms with Crippen molar-refractivity contribution in [2.45, 2.75) is 26.3 Å². The maximum Gasteiger partial charge on any atom is 0.231 e. The molecule has 0 radical (unpaired) electrons. The molecule has 1 aromatic heterocycles. The number of piperazine rings is 1. The van der Waals surface area contributed by atoms with E-state index in [1.165, 1.54) is 11.1 Å². The van der Waals surface area contributed by atoms with Crippen LogP contribution in [0.5, 0.6) is 11.5 Å². The highest BCUT2D eigenvalue weighted by atomic mass is 16.7. The molecule has 2 aliphatic rings. The van der Waals surface area contributed by atoms with Crippen molar-refractivity contribution in [2.75, 3.05) is 37.9 Å². The molecule has 0 saturated carbocycles. The van der Waals surface area contributed by atoms with E-state index < -0.39 is 0 Å². The van der Waals surface area contributed by atoms with Gasteiger partial charge in [0.15, 0.2) is 11.5 Å². The van der Waals surface area contributed by atoms with E-state index in [0.717, 1.165) is 50.0 Å². The predicted molar refractivity (Wildman–Crippen MR) is 96.2 cm³/mol. The summed E-state index contributed by atoms with van der Waals surface area (Å²) in [4.78, 5) is 13.8. The highest BCUT2D eigenvalue weighted by Gasteiger charge is 2.24. The van der Waals surface area contributed by atoms with E-state index in [0.29, 0.717) is 12.8 Å². The van der Waals surface area contributed by atoms with Crippen LogP contribution in [0, 0.1) is 0 Å². The van der Waals surface area contributed by atoms with Crippen LogP contribution in [0.25, 0.3) is 0 Å². The van der Waals surface area contributed by atoms with Gasteiger partial charge in [0, 0.05) is 44.6 Å². The second-order valence-electron chi connectivity index (χ2n) is 6.56. The zero-order valence-corrected chi connectivity index (χ0v) is 14.8. The van der Waals surface area contributed by atoms with Crippen LogP contribution in [0.1, 0.15) is 31.0 Å². The number of fused-ring (bicyclic) bond motifs is 1. The zero-order chi connectivity index (χ0) is 17.2. The molecular weight excluding hydrogens is 316 g/mol. The molecule has 0 bridgehead atoms. The number of rotatable bonds is 4. The van der Waals surface area contributed by atoms with Gasteiger partial charge in [-0.25, -0.2) is 9.97 Å². The molecular formula is C19H24N4O2. The molecule has 2 aromatic rings. The number of aromatic nitrogens is 2. The third-order valence-electron chi connectivity index (χ3n) is 5.12. The summed E-state index contributed by atoms with van der Waals surface area (Å²) < 4.78 is 10.9. The number of benzene rings is 1. The van der Waals surface area contributed by atoms with Crippen molar-refractivity contribution in [1.29, 1.82) is 0 Å². The minimum absolute atomic E-state index is 0.322. The molecule has 1 atom stereocenters. The number of anilines is 1. The van der Waals surface area contributed by atoms with E-state index >= 15 is 0 Å². The van der Waals surface area contributed by atoms with Gasteiger partial charge in [-0.1, -0.05) is 13.0 Å². The molecule has 1 aromatic carbocycles. The first-order valence-corrected chi connectivity index (χ1v) is 8.94. The average molecular weight is 340 g/mol. The van der Waals surface area contributed by atoms with E-state index in [9.17, 15) is 0 Å². The Balaban J connectivity index is 1.39. The molecule has 3 heterocycles. The Morgan fingerprint density at radius 3 is 2.48 bits per heavy atom. The Bertz CT molecular complexity index is 727. The van der Waals surface area contributed by atoms with E-state index in [-0.39, 0.29) is 0 Å². The predicted octanol–water partition coefficient (Wildman–Crippen LogP) is 2.65. The Morgan fingerprint density at radius 1 is 1.04 bits per heavy atom. The molecule has 0 spiro atoms. The second-order valence-corrected chi connectivity index (χ2v) is 6.56. The van der Waals surface area contributed by atoms with E-state index in [2.05, 4.69) is 45.7 Å². The molecule has 0 aliphatic carbocycles. The highest BCUT2D eigenvalue weighted by molar-refractivity contribution is 5.45. The Morgan fingerprint density at radius 2 is 1.76 bits per heavy atom. The van der Waals surface area contributed by atoms with Gasteiger partial charge in [0.2, 0.25) is 12.7 Å². The van der Waals surface area contributed by atoms with Gasteiger partial charge in [-0.15, -0.1) is 0 Å². The standard InChI is InChI=1S/C19H24N4O2/c1-3-15-11-20-19(21-12-15)23-8-6-22(7-9-23)14(2)16-4-5-17-18(10-16)25-13-24-17/h4-5,10-12,14H,3,6-9,13H2,1-2H3/t14-/m0/s1. The summed E-state index contributed by atoms with van der Waals surface area (Å²) in [5.74, 6) is 2.54. The van der Waals surface area contributed by atoms with Crippen molar-refractivity contribution in [3.63, 3.8) is 0 Å². The Labute approximate surface area is 148 Å². The van der Waals surface area contributed by atoms with Crippen molar-refractivity contribution < 1.29 is 9.47 Å². The van der Waals surface area contributed by atoms with Gasteiger partial charge in [-0.3, -0.25) is 4.90 Å². The second kappa shape index (κ2) is 6.88. The quantitative estimate of drug-likeness (QED) is 0.853. The third-order valence-corrected chi connectivity index (χ3v) is 5.12. The maximum atomic E-state index is 5.50. The van der Waals surface area contributed by atoms with E-state index in [1.807, 2.05) is 18.5 Å². The summed E-state index contributed by atoms with van der Waals surface area (Å²) in [7, 11) is 0. The van der Waals surface area contributed by atoms with Crippen molar-refractivity contribution >= 4 is 5.95 Å². The lowest BCUT2D eigenvalue weighted by Crippen LogP contribution is -2.47. The molecule has 132 valence electrons. The molecule has 2 aliphatic heterocycles. The smallest absolute Gasteiger partial charge is 0.231 e. The SMILES string of the molecule is CCc1cnc(N2CCN([C@@H](C)c3ccc4c(c3)OCO4)CC2)nc1. The van der Waals surface area contributed by atoms with Crippen LogP contribution in [0.4, 0.5) is 5.95 Å². The largest absolute Gasteiger partial charge is 0.454 e. The van der Waals surface area contributed by atoms with Gasteiger partial charge in [0.25, 0.3) is 0 Å². The van der Waals surface area contributed by atoms with Gasteiger partial charge in [0.1, 0.15) is 0 Å². The lowest BCUT2D eigenvalue weighted by molar-refractivity contribution is 0.173. The summed E-state index contributed by atoms with van der Waals surface area (Å²) in [5.41, 5.74) is 2.44. The Kier molecular flexibility index (Phi) is 4.44. The molecule has 0 N–H and O–H groups in total. The lowest BCUT2D eigenvalue weighted by atomic mass is 10.1. The summed E-state index contributed by atoms with van der Waals surface area (Å²) in [5, 5.41) is 0. The van der Waals surface area contributed by atoms with Crippen LogP contribution >= 0.6 is 0 Å². The van der Waals surface area contributed by atoms with Crippen LogP contribution in [-0.2, 0) is 6.42 Å². The van der Waals surface area contributed by atoms with Crippen molar-refractivity contribution in [3.05, 3.63) is 41.7 Å². The monoisotopic (exact) mass is 340 g/mol. The third kappa shape index (κ3) is 3.26. The van der Waals surface area contributed by atoms with Crippen molar-refractivity contribution in [2.24, 2.45) is 0 Å². The number of aryl methyl sites for hydroxylation is 1. The minimum Gasteiger partial charge on any atom is -0.454 e. The molecule has 6 heteroatoms. The summed E-state index contributed by atoms with van der Waals surface area (Å²) in [6.07, 6.45) is 4.84. The van der Waals surface area contributed by atoms with Crippen molar-refractivity contribution in [1.82, 2.24) is 14.9 Å². The summed E-state index contributed by atoms with van der Waals surface area (Å²) >= 11 is 0. The van der Waals surface area contributed by atoms with Crippen LogP contribution in [0.2, 0.25) is 0 Å². The van der Waals surface area contributed by atoms with Crippen LogP contribution in [0.3, 0.4) is 0 Å². The zero-order valence-electron chi connectivity index (χ0n) is 14.8.